The molecule has 0 saturated carbocycles. The van der Waals surface area contributed by atoms with Crippen LogP contribution in [0.15, 0.2) is 46.9 Å². The van der Waals surface area contributed by atoms with E-state index in [9.17, 15) is 0 Å². The van der Waals surface area contributed by atoms with Gasteiger partial charge >= 0.3 is 0 Å². The number of thiophene rings is 1. The van der Waals surface area contributed by atoms with Crippen LogP contribution in [0, 0.1) is 0 Å². The minimum Gasteiger partial charge on any atom is -0.357 e. The predicted molar refractivity (Wildman–Crippen MR) is 107 cm³/mol. The van der Waals surface area contributed by atoms with Crippen LogP contribution < -0.4 is 10.2 Å². The van der Waals surface area contributed by atoms with Crippen LogP contribution in [0.5, 0.6) is 0 Å². The summed E-state index contributed by atoms with van der Waals surface area (Å²) >= 11 is 1.81. The standard InChI is InChI=1S/C19H27N5S/c1-3-20-19(22-15-16(2)17-7-6-14-25-17)24-12-10-23(11-13-24)18-8-4-5-9-21-18/h4-9,14,16H,3,10-13,15H2,1-2H3,(H,20,22). The van der Waals surface area contributed by atoms with Crippen molar-refractivity contribution in [2.75, 3.05) is 44.2 Å². The van der Waals surface area contributed by atoms with Crippen LogP contribution >= 0.6 is 11.3 Å². The Hall–Kier alpha value is -2.08. The SMILES string of the molecule is CCNC(=NCC(C)c1cccs1)N1CCN(c2ccccn2)CC1. The number of rotatable bonds is 5. The molecule has 1 saturated heterocycles. The minimum absolute atomic E-state index is 0.462. The second kappa shape index (κ2) is 8.85. The zero-order valence-corrected chi connectivity index (χ0v) is 15.9. The van der Waals surface area contributed by atoms with Gasteiger partial charge in [0.15, 0.2) is 5.96 Å². The van der Waals surface area contributed by atoms with Crippen LogP contribution in [0.2, 0.25) is 0 Å². The van der Waals surface area contributed by atoms with Crippen molar-refractivity contribution in [3.8, 4) is 0 Å². The van der Waals surface area contributed by atoms with Crippen molar-refractivity contribution in [1.29, 1.82) is 0 Å². The summed E-state index contributed by atoms with van der Waals surface area (Å²) in [6, 6.07) is 10.4. The zero-order valence-electron chi connectivity index (χ0n) is 15.1. The van der Waals surface area contributed by atoms with Crippen molar-refractivity contribution in [2.45, 2.75) is 19.8 Å². The summed E-state index contributed by atoms with van der Waals surface area (Å²) in [5, 5.41) is 5.59. The Kier molecular flexibility index (Phi) is 6.28. The van der Waals surface area contributed by atoms with Crippen LogP contribution in [0.4, 0.5) is 5.82 Å². The van der Waals surface area contributed by atoms with E-state index in [1.165, 1.54) is 4.88 Å². The number of anilines is 1. The van der Waals surface area contributed by atoms with E-state index in [0.717, 1.165) is 51.0 Å². The molecule has 1 unspecified atom stereocenters. The molecule has 0 amide bonds. The lowest BCUT2D eigenvalue weighted by molar-refractivity contribution is 0.371. The third kappa shape index (κ3) is 4.72. The minimum atomic E-state index is 0.462. The largest absolute Gasteiger partial charge is 0.357 e. The fourth-order valence-electron chi connectivity index (χ4n) is 3.00. The van der Waals surface area contributed by atoms with Crippen LogP contribution in [0.3, 0.4) is 0 Å². The number of hydrogen-bond acceptors (Lipinski definition) is 4. The van der Waals surface area contributed by atoms with E-state index in [0.29, 0.717) is 5.92 Å². The summed E-state index contributed by atoms with van der Waals surface area (Å²) in [6.07, 6.45) is 1.86. The number of aromatic nitrogens is 1. The van der Waals surface area contributed by atoms with Crippen LogP contribution in [0.25, 0.3) is 0 Å². The maximum atomic E-state index is 4.89. The Bertz CT molecular complexity index is 648. The molecule has 2 aromatic rings. The summed E-state index contributed by atoms with van der Waals surface area (Å²) in [4.78, 5) is 15.5. The Balaban J connectivity index is 1.59. The second-order valence-corrected chi connectivity index (χ2v) is 7.25. The molecule has 3 heterocycles. The number of nitrogens with one attached hydrogen (secondary N) is 1. The maximum absolute atomic E-state index is 4.89. The molecule has 25 heavy (non-hydrogen) atoms. The lowest BCUT2D eigenvalue weighted by atomic mass is 10.1. The van der Waals surface area contributed by atoms with Crippen LogP contribution in [0.1, 0.15) is 24.6 Å². The van der Waals surface area contributed by atoms with Gasteiger partial charge in [-0.3, -0.25) is 4.99 Å². The van der Waals surface area contributed by atoms with Crippen molar-refractivity contribution >= 4 is 23.1 Å². The zero-order chi connectivity index (χ0) is 17.5. The number of nitrogens with zero attached hydrogens (tertiary/aromatic N) is 4. The molecular formula is C19H27N5S. The van der Waals surface area contributed by atoms with Crippen LogP contribution in [-0.2, 0) is 0 Å². The molecule has 1 N–H and O–H groups in total. The van der Waals surface area contributed by atoms with Gasteiger partial charge in [-0.05, 0) is 30.5 Å². The molecule has 1 fully saturated rings. The van der Waals surface area contributed by atoms with E-state index in [1.807, 2.05) is 29.7 Å². The average Bonchev–Trinajstić information content (AvgIpc) is 3.21. The van der Waals surface area contributed by atoms with E-state index in [4.69, 9.17) is 4.99 Å². The number of piperazine rings is 1. The lowest BCUT2D eigenvalue weighted by Gasteiger charge is -2.37. The number of aliphatic imine (C=N–C) groups is 1. The normalized spacial score (nSPS) is 16.8. The molecule has 134 valence electrons. The van der Waals surface area contributed by atoms with Gasteiger partial charge in [-0.25, -0.2) is 4.98 Å². The third-order valence-electron chi connectivity index (χ3n) is 4.43. The predicted octanol–water partition coefficient (Wildman–Crippen LogP) is 3.03. The summed E-state index contributed by atoms with van der Waals surface area (Å²) in [5.41, 5.74) is 0. The number of hydrogen-bond donors (Lipinski definition) is 1. The van der Waals surface area contributed by atoms with Crippen molar-refractivity contribution in [3.05, 3.63) is 46.8 Å². The molecule has 1 aliphatic heterocycles. The van der Waals surface area contributed by atoms with Gasteiger partial charge in [0.2, 0.25) is 0 Å². The molecular weight excluding hydrogens is 330 g/mol. The molecule has 5 nitrogen and oxygen atoms in total. The highest BCUT2D eigenvalue weighted by molar-refractivity contribution is 7.10. The highest BCUT2D eigenvalue weighted by Crippen LogP contribution is 2.21. The summed E-state index contributed by atoms with van der Waals surface area (Å²) in [7, 11) is 0. The molecule has 0 radical (unpaired) electrons. The Morgan fingerprint density at radius 3 is 2.72 bits per heavy atom. The van der Waals surface area contributed by atoms with Crippen LogP contribution in [-0.4, -0.2) is 55.1 Å². The van der Waals surface area contributed by atoms with Gasteiger partial charge in [-0.1, -0.05) is 19.1 Å². The topological polar surface area (TPSA) is 43.8 Å². The lowest BCUT2D eigenvalue weighted by Crippen LogP contribution is -2.52. The highest BCUT2D eigenvalue weighted by Gasteiger charge is 2.20. The van der Waals surface area contributed by atoms with Gasteiger partial charge in [0.1, 0.15) is 5.82 Å². The van der Waals surface area contributed by atoms with Gasteiger partial charge in [0.25, 0.3) is 0 Å². The summed E-state index contributed by atoms with van der Waals surface area (Å²) in [6.45, 7) is 9.98. The highest BCUT2D eigenvalue weighted by atomic mass is 32.1. The average molecular weight is 358 g/mol. The number of pyridine rings is 1. The molecule has 0 aromatic carbocycles. The maximum Gasteiger partial charge on any atom is 0.194 e. The van der Waals surface area contributed by atoms with E-state index >= 15 is 0 Å². The smallest absolute Gasteiger partial charge is 0.194 e. The van der Waals surface area contributed by atoms with E-state index in [-0.39, 0.29) is 0 Å². The first-order valence-corrected chi connectivity index (χ1v) is 9.88. The van der Waals surface area contributed by atoms with E-state index < -0.39 is 0 Å². The molecule has 2 aromatic heterocycles. The van der Waals surface area contributed by atoms with Gasteiger partial charge in [-0.2, -0.15) is 0 Å². The fraction of sp³-hybridized carbons (Fsp3) is 0.474. The first-order chi connectivity index (χ1) is 12.3. The molecule has 0 bridgehead atoms. The Labute approximate surface area is 154 Å². The van der Waals surface area contributed by atoms with Gasteiger partial charge in [0, 0.05) is 49.7 Å². The molecule has 1 aliphatic rings. The molecule has 0 aliphatic carbocycles. The molecule has 0 spiro atoms. The van der Waals surface area contributed by atoms with Crippen molar-refractivity contribution in [1.82, 2.24) is 15.2 Å². The molecule has 3 rings (SSSR count). The van der Waals surface area contributed by atoms with Crippen molar-refractivity contribution in [2.24, 2.45) is 4.99 Å². The molecule has 6 heteroatoms. The van der Waals surface area contributed by atoms with Gasteiger partial charge in [0.05, 0.1) is 6.54 Å². The monoisotopic (exact) mass is 357 g/mol. The van der Waals surface area contributed by atoms with Crippen molar-refractivity contribution in [3.63, 3.8) is 0 Å². The first-order valence-electron chi connectivity index (χ1n) is 9.00. The summed E-state index contributed by atoms with van der Waals surface area (Å²) in [5.74, 6) is 2.56. The second-order valence-electron chi connectivity index (χ2n) is 6.27. The number of guanidine groups is 1. The van der Waals surface area contributed by atoms with Gasteiger partial charge in [-0.15, -0.1) is 11.3 Å². The Morgan fingerprint density at radius 1 is 1.24 bits per heavy atom. The Morgan fingerprint density at radius 2 is 2.08 bits per heavy atom. The molecule has 1 atom stereocenters. The van der Waals surface area contributed by atoms with E-state index in [2.05, 4.69) is 57.5 Å². The van der Waals surface area contributed by atoms with Crippen molar-refractivity contribution < 1.29 is 0 Å². The van der Waals surface area contributed by atoms with E-state index in [1.54, 1.807) is 0 Å². The summed E-state index contributed by atoms with van der Waals surface area (Å²) < 4.78 is 0. The fourth-order valence-corrected chi connectivity index (χ4v) is 3.78. The quantitative estimate of drug-likeness (QED) is 0.660. The van der Waals surface area contributed by atoms with Gasteiger partial charge < -0.3 is 15.1 Å². The third-order valence-corrected chi connectivity index (χ3v) is 5.54. The first kappa shape index (κ1) is 17.7.